The van der Waals surface area contributed by atoms with E-state index in [1.807, 2.05) is 0 Å². The van der Waals surface area contributed by atoms with E-state index >= 15 is 0 Å². The van der Waals surface area contributed by atoms with Gasteiger partial charge in [0.05, 0.1) is 23.7 Å². The highest BCUT2D eigenvalue weighted by molar-refractivity contribution is 7.91. The zero-order valence-electron chi connectivity index (χ0n) is 21.8. The second-order valence-electron chi connectivity index (χ2n) is 10.7. The van der Waals surface area contributed by atoms with Crippen molar-refractivity contribution in [3.63, 3.8) is 0 Å². The number of aliphatic hydroxyl groups excluding tert-OH is 1. The van der Waals surface area contributed by atoms with Gasteiger partial charge in [-0.05, 0) is 48.4 Å². The molecule has 2 heterocycles. The van der Waals surface area contributed by atoms with Crippen LogP contribution in [0.2, 0.25) is 0 Å². The van der Waals surface area contributed by atoms with Crippen LogP contribution < -0.4 is 0 Å². The molecule has 210 valence electrons. The lowest BCUT2D eigenvalue weighted by Gasteiger charge is -2.46. The minimum atomic E-state index is -3.54. The Morgan fingerprint density at radius 3 is 1.85 bits per heavy atom. The Labute approximate surface area is 231 Å². The van der Waals surface area contributed by atoms with Crippen LogP contribution in [0.5, 0.6) is 11.5 Å². The molecule has 10 heteroatoms. The number of likely N-dealkylation sites (tertiary alicyclic amines) is 1. The van der Waals surface area contributed by atoms with Gasteiger partial charge in [-0.25, -0.2) is 12.8 Å². The van der Waals surface area contributed by atoms with Crippen molar-refractivity contribution in [1.82, 2.24) is 4.90 Å². The molecular formula is C30H30FNO7S. The van der Waals surface area contributed by atoms with Crippen LogP contribution >= 0.6 is 0 Å². The number of rotatable bonds is 6. The second-order valence-corrected chi connectivity index (χ2v) is 12.8. The van der Waals surface area contributed by atoms with Gasteiger partial charge in [0.25, 0.3) is 0 Å². The quantitative estimate of drug-likeness (QED) is 0.387. The van der Waals surface area contributed by atoms with E-state index in [0.717, 1.165) is 0 Å². The number of aliphatic hydroxyl groups is 1. The van der Waals surface area contributed by atoms with E-state index in [2.05, 4.69) is 0 Å². The van der Waals surface area contributed by atoms with Crippen molar-refractivity contribution < 1.29 is 37.7 Å². The number of benzene rings is 3. The summed E-state index contributed by atoms with van der Waals surface area (Å²) in [7, 11) is -3.54. The van der Waals surface area contributed by atoms with Crippen molar-refractivity contribution in [2.45, 2.75) is 25.0 Å². The number of carbonyl (C=O) groups excluding carboxylic acids is 2. The number of hydrogen-bond donors (Lipinski definition) is 3. The fourth-order valence-electron chi connectivity index (χ4n) is 6.17. The highest BCUT2D eigenvalue weighted by Crippen LogP contribution is 2.44. The Morgan fingerprint density at radius 2 is 1.38 bits per heavy atom. The van der Waals surface area contributed by atoms with Gasteiger partial charge in [0, 0.05) is 42.0 Å². The van der Waals surface area contributed by atoms with Crippen molar-refractivity contribution in [1.29, 1.82) is 0 Å². The van der Waals surface area contributed by atoms with Gasteiger partial charge in [-0.15, -0.1) is 0 Å². The van der Waals surface area contributed by atoms with Crippen LogP contribution in [-0.4, -0.2) is 76.9 Å². The largest absolute Gasteiger partial charge is 0.508 e. The number of phenolic OH excluding ortho intramolecular Hbond substituents is 2. The van der Waals surface area contributed by atoms with Crippen molar-refractivity contribution in [2.75, 3.05) is 24.6 Å². The highest BCUT2D eigenvalue weighted by Gasteiger charge is 2.50. The lowest BCUT2D eigenvalue weighted by Crippen LogP contribution is -2.56. The maximum absolute atomic E-state index is 14.9. The fraction of sp³-hybridized carbons (Fsp3) is 0.333. The average molecular weight is 568 g/mol. The summed E-state index contributed by atoms with van der Waals surface area (Å²) in [6, 6.07) is 15.3. The number of carbonyl (C=O) groups is 2. The summed E-state index contributed by atoms with van der Waals surface area (Å²) in [6.45, 7) is 1.60. The molecular weight excluding hydrogens is 537 g/mol. The SMILES string of the molecule is Cc1c(F)cccc1C1[C@@H](C(=O)c2cccc(O)c2)CN(C2CS(=O)(=O)CC2O)C[C@@H]1C(=O)c1cccc(O)c1. The molecule has 3 N–H and O–H groups in total. The van der Waals surface area contributed by atoms with Crippen LogP contribution in [-0.2, 0) is 9.84 Å². The van der Waals surface area contributed by atoms with E-state index in [-0.39, 0.29) is 47.0 Å². The molecule has 8 nitrogen and oxygen atoms in total. The first-order chi connectivity index (χ1) is 18.9. The summed E-state index contributed by atoms with van der Waals surface area (Å²) < 4.78 is 39.6. The van der Waals surface area contributed by atoms with Crippen molar-refractivity contribution in [3.05, 3.63) is 94.8 Å². The summed E-state index contributed by atoms with van der Waals surface area (Å²) in [4.78, 5) is 29.9. The number of nitrogens with zero attached hydrogens (tertiary/aromatic N) is 1. The van der Waals surface area contributed by atoms with Crippen LogP contribution in [0.25, 0.3) is 0 Å². The number of piperidine rings is 1. The summed E-state index contributed by atoms with van der Waals surface area (Å²) in [6.07, 6.45) is -1.20. The van der Waals surface area contributed by atoms with Gasteiger partial charge in [-0.3, -0.25) is 14.5 Å². The first kappa shape index (κ1) is 27.9. The molecule has 3 aromatic rings. The number of sulfone groups is 1. The third-order valence-corrected chi connectivity index (χ3v) is 9.79. The van der Waals surface area contributed by atoms with E-state index in [1.54, 1.807) is 17.9 Å². The zero-order chi connectivity index (χ0) is 28.8. The Hall–Kier alpha value is -3.60. The summed E-state index contributed by atoms with van der Waals surface area (Å²) in [5.41, 5.74) is 1.13. The van der Waals surface area contributed by atoms with Gasteiger partial charge >= 0.3 is 0 Å². The molecule has 5 rings (SSSR count). The van der Waals surface area contributed by atoms with E-state index in [0.29, 0.717) is 5.56 Å². The Morgan fingerprint density at radius 1 is 0.850 bits per heavy atom. The summed E-state index contributed by atoms with van der Waals surface area (Å²) in [5, 5.41) is 30.8. The van der Waals surface area contributed by atoms with Gasteiger partial charge < -0.3 is 15.3 Å². The Bertz CT molecular complexity index is 1510. The van der Waals surface area contributed by atoms with Crippen LogP contribution in [0.3, 0.4) is 0 Å². The van der Waals surface area contributed by atoms with Crippen molar-refractivity contribution in [2.24, 2.45) is 11.8 Å². The van der Waals surface area contributed by atoms with E-state index in [4.69, 9.17) is 0 Å². The van der Waals surface area contributed by atoms with Crippen molar-refractivity contribution in [3.8, 4) is 11.5 Å². The molecule has 0 aliphatic carbocycles. The minimum Gasteiger partial charge on any atom is -0.508 e. The second kappa shape index (κ2) is 10.8. The van der Waals surface area contributed by atoms with E-state index in [1.165, 1.54) is 60.7 Å². The van der Waals surface area contributed by atoms with Gasteiger partial charge in [-0.1, -0.05) is 36.4 Å². The third-order valence-electron chi connectivity index (χ3n) is 8.10. The van der Waals surface area contributed by atoms with Crippen LogP contribution in [0.15, 0.2) is 66.7 Å². The van der Waals surface area contributed by atoms with Gasteiger partial charge in [0.1, 0.15) is 17.3 Å². The summed E-state index contributed by atoms with van der Waals surface area (Å²) in [5.74, 6) is -5.00. The van der Waals surface area contributed by atoms with E-state index in [9.17, 15) is 37.7 Å². The van der Waals surface area contributed by atoms with Crippen LogP contribution in [0, 0.1) is 24.6 Å². The molecule has 40 heavy (non-hydrogen) atoms. The molecule has 0 radical (unpaired) electrons. The highest BCUT2D eigenvalue weighted by atomic mass is 32.2. The molecule has 0 amide bonds. The normalized spacial score (nSPS) is 25.1. The monoisotopic (exact) mass is 567 g/mol. The number of hydrogen-bond acceptors (Lipinski definition) is 8. The smallest absolute Gasteiger partial charge is 0.167 e. The standard InChI is InChI=1S/C30H30FNO7S/c1-17-22(9-4-10-25(17)31)28-23(29(36)18-5-2-7-20(33)11-18)13-32(26-15-40(38,39)16-27(26)35)14-24(28)30(37)19-6-3-8-21(34)12-19/h2-12,23-24,26-28,33-35H,13-16H2,1H3/t23-,24-,26?,27?/m0/s1. The first-order valence-electron chi connectivity index (χ1n) is 13.0. The lowest BCUT2D eigenvalue weighted by molar-refractivity contribution is 0.0217. The molecule has 0 saturated carbocycles. The van der Waals surface area contributed by atoms with Gasteiger partial charge in [-0.2, -0.15) is 0 Å². The van der Waals surface area contributed by atoms with Crippen LogP contribution in [0.4, 0.5) is 4.39 Å². The minimum absolute atomic E-state index is 0.0101. The Kier molecular flexibility index (Phi) is 7.52. The van der Waals surface area contributed by atoms with Gasteiger partial charge in [0.15, 0.2) is 21.4 Å². The van der Waals surface area contributed by atoms with Crippen molar-refractivity contribution >= 4 is 21.4 Å². The third kappa shape index (κ3) is 5.39. The lowest BCUT2D eigenvalue weighted by atomic mass is 9.67. The topological polar surface area (TPSA) is 132 Å². The van der Waals surface area contributed by atoms with E-state index < -0.39 is 62.9 Å². The number of halogens is 1. The Balaban J connectivity index is 1.67. The number of ketones is 2. The van der Waals surface area contributed by atoms with Gasteiger partial charge in [0.2, 0.25) is 0 Å². The molecule has 2 saturated heterocycles. The molecule has 2 aliphatic heterocycles. The molecule has 0 bridgehead atoms. The molecule has 0 aromatic heterocycles. The number of phenols is 2. The maximum atomic E-state index is 14.9. The summed E-state index contributed by atoms with van der Waals surface area (Å²) >= 11 is 0. The molecule has 0 spiro atoms. The molecule has 2 fully saturated rings. The predicted molar refractivity (Wildman–Crippen MR) is 146 cm³/mol. The first-order valence-corrected chi connectivity index (χ1v) is 14.8. The number of aromatic hydroxyl groups is 2. The molecule has 2 aliphatic rings. The molecule has 2 unspecified atom stereocenters. The predicted octanol–water partition coefficient (Wildman–Crippen LogP) is 3.10. The average Bonchev–Trinajstić information content (AvgIpc) is 3.20. The molecule has 3 aromatic carbocycles. The fourth-order valence-corrected chi connectivity index (χ4v) is 8.01. The molecule has 4 atom stereocenters. The zero-order valence-corrected chi connectivity index (χ0v) is 22.6. The number of Topliss-reactive ketones (excluding diaryl/α,β-unsaturated/α-hetero) is 2. The van der Waals surface area contributed by atoms with Crippen LogP contribution in [0.1, 0.15) is 37.8 Å². The maximum Gasteiger partial charge on any atom is 0.167 e.